The van der Waals surface area contributed by atoms with Crippen LogP contribution in [0, 0.1) is 19.8 Å². The molecule has 23 heavy (non-hydrogen) atoms. The second kappa shape index (κ2) is 8.14. The minimum atomic E-state index is -0.228. The first-order valence-corrected chi connectivity index (χ1v) is 8.68. The van der Waals surface area contributed by atoms with Crippen molar-refractivity contribution in [2.45, 2.75) is 52.9 Å². The molecule has 1 aliphatic heterocycles. The van der Waals surface area contributed by atoms with Gasteiger partial charge in [-0.15, -0.1) is 0 Å². The Morgan fingerprint density at radius 2 is 2.04 bits per heavy atom. The molecule has 1 aromatic carbocycles. The number of unbranched alkanes of at least 4 members (excludes halogenated alkanes) is 3. The first kappa shape index (κ1) is 17.5. The fourth-order valence-electron chi connectivity index (χ4n) is 3.03. The van der Waals surface area contributed by atoms with E-state index in [-0.39, 0.29) is 17.7 Å². The molecule has 4 heteroatoms. The van der Waals surface area contributed by atoms with Crippen molar-refractivity contribution >= 4 is 17.5 Å². The summed E-state index contributed by atoms with van der Waals surface area (Å²) in [6.45, 7) is 7.40. The van der Waals surface area contributed by atoms with E-state index in [0.717, 1.165) is 29.7 Å². The van der Waals surface area contributed by atoms with Gasteiger partial charge in [-0.1, -0.05) is 38.3 Å². The molecule has 126 valence electrons. The molecule has 0 radical (unpaired) electrons. The molecule has 0 bridgehead atoms. The van der Waals surface area contributed by atoms with Gasteiger partial charge in [0, 0.05) is 25.2 Å². The quantitative estimate of drug-likeness (QED) is 0.784. The molecule has 1 aromatic rings. The molecule has 1 N–H and O–H groups in total. The maximum atomic E-state index is 12.3. The number of aryl methyl sites for hydroxylation is 2. The number of benzene rings is 1. The Kier molecular flexibility index (Phi) is 6.20. The summed E-state index contributed by atoms with van der Waals surface area (Å²) in [5, 5.41) is 2.98. The Morgan fingerprint density at radius 1 is 1.26 bits per heavy atom. The van der Waals surface area contributed by atoms with Gasteiger partial charge in [-0.25, -0.2) is 0 Å². The Balaban J connectivity index is 1.91. The Bertz CT molecular complexity index is 568. The van der Waals surface area contributed by atoms with Gasteiger partial charge in [0.2, 0.25) is 11.8 Å². The summed E-state index contributed by atoms with van der Waals surface area (Å²) in [5.41, 5.74) is 3.14. The summed E-state index contributed by atoms with van der Waals surface area (Å²) in [7, 11) is 0. The van der Waals surface area contributed by atoms with Gasteiger partial charge >= 0.3 is 0 Å². The molecule has 4 nitrogen and oxygen atoms in total. The average Bonchev–Trinajstić information content (AvgIpc) is 2.91. The molecule has 1 heterocycles. The predicted molar refractivity (Wildman–Crippen MR) is 93.5 cm³/mol. The van der Waals surface area contributed by atoms with E-state index in [2.05, 4.69) is 12.2 Å². The van der Waals surface area contributed by atoms with Gasteiger partial charge in [-0.3, -0.25) is 9.59 Å². The topological polar surface area (TPSA) is 49.4 Å². The second-order valence-electron chi connectivity index (χ2n) is 6.55. The first-order valence-electron chi connectivity index (χ1n) is 8.68. The summed E-state index contributed by atoms with van der Waals surface area (Å²) in [4.78, 5) is 26.3. The molecule has 1 fully saturated rings. The van der Waals surface area contributed by atoms with Gasteiger partial charge in [-0.05, 0) is 37.5 Å². The Labute approximate surface area is 139 Å². The van der Waals surface area contributed by atoms with Gasteiger partial charge in [-0.2, -0.15) is 0 Å². The van der Waals surface area contributed by atoms with Crippen LogP contribution in [-0.2, 0) is 9.59 Å². The lowest BCUT2D eigenvalue weighted by Gasteiger charge is -2.19. The number of carbonyl (C=O) groups excluding carboxylic acids is 2. The molecule has 2 amide bonds. The largest absolute Gasteiger partial charge is 0.356 e. The van der Waals surface area contributed by atoms with E-state index in [4.69, 9.17) is 0 Å². The van der Waals surface area contributed by atoms with Crippen LogP contribution in [0.2, 0.25) is 0 Å². The van der Waals surface area contributed by atoms with Crippen molar-refractivity contribution in [1.29, 1.82) is 0 Å². The van der Waals surface area contributed by atoms with Crippen molar-refractivity contribution in [1.82, 2.24) is 5.32 Å². The Hall–Kier alpha value is -1.84. The van der Waals surface area contributed by atoms with Crippen LogP contribution in [0.4, 0.5) is 5.69 Å². The summed E-state index contributed by atoms with van der Waals surface area (Å²) < 4.78 is 0. The van der Waals surface area contributed by atoms with Crippen molar-refractivity contribution in [2.24, 2.45) is 5.92 Å². The smallest absolute Gasteiger partial charge is 0.227 e. The molecule has 0 saturated carbocycles. The maximum Gasteiger partial charge on any atom is 0.227 e. The van der Waals surface area contributed by atoms with E-state index in [1.807, 2.05) is 32.0 Å². The minimum Gasteiger partial charge on any atom is -0.356 e. The number of nitrogens with one attached hydrogen (secondary N) is 1. The summed E-state index contributed by atoms with van der Waals surface area (Å²) in [6.07, 6.45) is 4.87. The van der Waals surface area contributed by atoms with Crippen molar-refractivity contribution in [3.05, 3.63) is 29.3 Å². The highest BCUT2D eigenvalue weighted by molar-refractivity contribution is 6.00. The number of hydrogen-bond acceptors (Lipinski definition) is 2. The molecular weight excluding hydrogens is 288 g/mol. The van der Waals surface area contributed by atoms with Crippen LogP contribution in [0.3, 0.4) is 0 Å². The maximum absolute atomic E-state index is 12.3. The molecular formula is C19H28N2O2. The molecule has 0 aliphatic carbocycles. The first-order chi connectivity index (χ1) is 11.0. The third-order valence-electron chi connectivity index (χ3n) is 4.48. The highest BCUT2D eigenvalue weighted by atomic mass is 16.2. The fraction of sp³-hybridized carbons (Fsp3) is 0.579. The van der Waals surface area contributed by atoms with E-state index < -0.39 is 0 Å². The van der Waals surface area contributed by atoms with E-state index in [9.17, 15) is 9.59 Å². The van der Waals surface area contributed by atoms with E-state index >= 15 is 0 Å². The molecule has 0 aromatic heterocycles. The highest BCUT2D eigenvalue weighted by Gasteiger charge is 2.35. The third kappa shape index (κ3) is 4.57. The normalized spacial score (nSPS) is 17.6. The fourth-order valence-corrected chi connectivity index (χ4v) is 3.03. The number of rotatable bonds is 7. The summed E-state index contributed by atoms with van der Waals surface area (Å²) >= 11 is 0. The van der Waals surface area contributed by atoms with E-state index in [1.165, 1.54) is 12.8 Å². The molecule has 1 saturated heterocycles. The third-order valence-corrected chi connectivity index (χ3v) is 4.48. The predicted octanol–water partition coefficient (Wildman–Crippen LogP) is 3.35. The lowest BCUT2D eigenvalue weighted by molar-refractivity contribution is -0.126. The van der Waals surface area contributed by atoms with E-state index in [0.29, 0.717) is 19.5 Å². The van der Waals surface area contributed by atoms with Crippen molar-refractivity contribution < 1.29 is 9.59 Å². The average molecular weight is 316 g/mol. The highest BCUT2D eigenvalue weighted by Crippen LogP contribution is 2.28. The molecule has 0 spiro atoms. The number of hydrogen-bond donors (Lipinski definition) is 1. The van der Waals surface area contributed by atoms with Crippen LogP contribution in [0.15, 0.2) is 18.2 Å². The van der Waals surface area contributed by atoms with Crippen LogP contribution in [0.5, 0.6) is 0 Å². The number of amides is 2. The standard InChI is InChI=1S/C19H28N2O2/c1-4-5-6-7-10-20-19(23)16-12-18(22)21(13-16)17-11-14(2)8-9-15(17)3/h8-9,11,16H,4-7,10,12-13H2,1-3H3,(H,20,23). The van der Waals surface area contributed by atoms with Crippen LogP contribution in [-0.4, -0.2) is 24.9 Å². The van der Waals surface area contributed by atoms with Gasteiger partial charge in [0.25, 0.3) is 0 Å². The zero-order valence-electron chi connectivity index (χ0n) is 14.5. The summed E-state index contributed by atoms with van der Waals surface area (Å²) in [5.74, 6) is -0.166. The molecule has 1 atom stereocenters. The van der Waals surface area contributed by atoms with Crippen LogP contribution < -0.4 is 10.2 Å². The van der Waals surface area contributed by atoms with Crippen molar-refractivity contribution in [3.63, 3.8) is 0 Å². The van der Waals surface area contributed by atoms with Gasteiger partial charge in [0.05, 0.1) is 5.92 Å². The summed E-state index contributed by atoms with van der Waals surface area (Å²) in [6, 6.07) is 6.09. The number of carbonyl (C=O) groups is 2. The zero-order chi connectivity index (χ0) is 16.8. The van der Waals surface area contributed by atoms with Crippen molar-refractivity contribution in [2.75, 3.05) is 18.0 Å². The Morgan fingerprint density at radius 3 is 2.78 bits per heavy atom. The van der Waals surface area contributed by atoms with Crippen LogP contribution >= 0.6 is 0 Å². The second-order valence-corrected chi connectivity index (χ2v) is 6.55. The lowest BCUT2D eigenvalue weighted by atomic mass is 10.1. The monoisotopic (exact) mass is 316 g/mol. The van der Waals surface area contributed by atoms with Gasteiger partial charge < -0.3 is 10.2 Å². The molecule has 1 aliphatic rings. The van der Waals surface area contributed by atoms with Crippen molar-refractivity contribution in [3.8, 4) is 0 Å². The van der Waals surface area contributed by atoms with Gasteiger partial charge in [0.15, 0.2) is 0 Å². The molecule has 2 rings (SSSR count). The van der Waals surface area contributed by atoms with Crippen LogP contribution in [0.25, 0.3) is 0 Å². The SMILES string of the molecule is CCCCCCNC(=O)C1CC(=O)N(c2cc(C)ccc2C)C1. The minimum absolute atomic E-state index is 0.0163. The number of nitrogens with zero attached hydrogens (tertiary/aromatic N) is 1. The van der Waals surface area contributed by atoms with Crippen LogP contribution in [0.1, 0.15) is 50.2 Å². The number of anilines is 1. The van der Waals surface area contributed by atoms with Gasteiger partial charge in [0.1, 0.15) is 0 Å². The zero-order valence-corrected chi connectivity index (χ0v) is 14.5. The lowest BCUT2D eigenvalue weighted by Crippen LogP contribution is -2.33. The van der Waals surface area contributed by atoms with E-state index in [1.54, 1.807) is 4.90 Å². The molecule has 1 unspecified atom stereocenters.